The van der Waals surface area contributed by atoms with Crippen LogP contribution in [0.1, 0.15) is 64.0 Å². The van der Waals surface area contributed by atoms with E-state index in [9.17, 15) is 4.79 Å². The van der Waals surface area contributed by atoms with Gasteiger partial charge in [0.25, 0.3) is 0 Å². The highest BCUT2D eigenvalue weighted by atomic mass is 16.7. The molecule has 2 rings (SSSR count). The third-order valence-corrected chi connectivity index (χ3v) is 6.08. The second-order valence-corrected chi connectivity index (χ2v) is 9.20. The van der Waals surface area contributed by atoms with E-state index in [1.54, 1.807) is 0 Å². The van der Waals surface area contributed by atoms with Crippen molar-refractivity contribution in [3.63, 3.8) is 0 Å². The van der Waals surface area contributed by atoms with Gasteiger partial charge in [-0.15, -0.1) is 6.58 Å². The molecule has 6 nitrogen and oxygen atoms in total. The third-order valence-electron chi connectivity index (χ3n) is 6.08. The SMILES string of the molecule is C=CCCN(CCC)CC1=CNC(/C=C(\C=O)c2cc(CN(CCC)OCCC)ccc2NC)C1. The number of allylic oxidation sites excluding steroid dienone is 1. The molecule has 0 spiro atoms. The van der Waals surface area contributed by atoms with E-state index in [2.05, 4.69) is 73.4 Å². The molecule has 6 heteroatoms. The molecule has 0 bridgehead atoms. The maximum atomic E-state index is 12.2. The molecule has 0 radical (unpaired) electrons. The summed E-state index contributed by atoms with van der Waals surface area (Å²) in [5.74, 6) is 0. The molecule has 0 aromatic heterocycles. The smallest absolute Gasteiger partial charge is 0.150 e. The van der Waals surface area contributed by atoms with Crippen molar-refractivity contribution >= 4 is 17.5 Å². The second-order valence-electron chi connectivity index (χ2n) is 9.20. The number of benzene rings is 1. The molecule has 0 saturated carbocycles. The zero-order chi connectivity index (χ0) is 25.5. The summed E-state index contributed by atoms with van der Waals surface area (Å²) in [5.41, 5.74) is 5.10. The van der Waals surface area contributed by atoms with E-state index in [1.807, 2.05) is 18.2 Å². The number of hydrogen-bond donors (Lipinski definition) is 2. The molecule has 1 aromatic carbocycles. The van der Waals surface area contributed by atoms with E-state index in [-0.39, 0.29) is 6.04 Å². The molecule has 1 unspecified atom stereocenters. The Morgan fingerprint density at radius 1 is 1.17 bits per heavy atom. The van der Waals surface area contributed by atoms with Crippen LogP contribution < -0.4 is 10.6 Å². The van der Waals surface area contributed by atoms with Crippen LogP contribution in [-0.2, 0) is 16.2 Å². The number of hydroxylamine groups is 2. The summed E-state index contributed by atoms with van der Waals surface area (Å²) in [6, 6.07) is 6.39. The predicted octanol–water partition coefficient (Wildman–Crippen LogP) is 5.40. The van der Waals surface area contributed by atoms with Crippen LogP contribution >= 0.6 is 0 Å². The second kappa shape index (κ2) is 16.3. The van der Waals surface area contributed by atoms with Crippen LogP contribution in [0.2, 0.25) is 0 Å². The minimum Gasteiger partial charge on any atom is -0.388 e. The van der Waals surface area contributed by atoms with Gasteiger partial charge >= 0.3 is 0 Å². The molecular formula is C29H46N4O2. The van der Waals surface area contributed by atoms with Gasteiger partial charge in [0, 0.05) is 56.1 Å². The fraction of sp³-hybridized carbons (Fsp3) is 0.552. The fourth-order valence-electron chi connectivity index (χ4n) is 4.41. The number of aldehydes is 1. The first-order valence-corrected chi connectivity index (χ1v) is 13.2. The van der Waals surface area contributed by atoms with Crippen LogP contribution in [0.4, 0.5) is 5.69 Å². The van der Waals surface area contributed by atoms with Crippen LogP contribution in [-0.4, -0.2) is 62.1 Å². The summed E-state index contributed by atoms with van der Waals surface area (Å²) in [4.78, 5) is 20.6. The van der Waals surface area contributed by atoms with Gasteiger partial charge in [-0.2, -0.15) is 5.06 Å². The van der Waals surface area contributed by atoms with Gasteiger partial charge in [-0.25, -0.2) is 0 Å². The number of carbonyl (C=O) groups is 1. The van der Waals surface area contributed by atoms with Gasteiger partial charge < -0.3 is 10.6 Å². The lowest BCUT2D eigenvalue weighted by atomic mass is 9.98. The van der Waals surface area contributed by atoms with Gasteiger partial charge in [-0.3, -0.25) is 14.5 Å². The number of nitrogens with zero attached hydrogens (tertiary/aromatic N) is 2. The third kappa shape index (κ3) is 9.63. The minimum atomic E-state index is 0.117. The average Bonchev–Trinajstić information content (AvgIpc) is 3.31. The number of anilines is 1. The lowest BCUT2D eigenvalue weighted by molar-refractivity contribution is -0.166. The Labute approximate surface area is 213 Å². The van der Waals surface area contributed by atoms with Gasteiger partial charge in [-0.05, 0) is 68.1 Å². The van der Waals surface area contributed by atoms with Gasteiger partial charge in [0.05, 0.1) is 6.61 Å². The number of rotatable bonds is 18. The van der Waals surface area contributed by atoms with Gasteiger partial charge in [-0.1, -0.05) is 39.0 Å². The van der Waals surface area contributed by atoms with Crippen LogP contribution in [0.15, 0.2) is 48.7 Å². The topological polar surface area (TPSA) is 56.8 Å². The van der Waals surface area contributed by atoms with Gasteiger partial charge in [0.15, 0.2) is 0 Å². The maximum Gasteiger partial charge on any atom is 0.150 e. The van der Waals surface area contributed by atoms with Crippen LogP contribution in [0.25, 0.3) is 5.57 Å². The Balaban J connectivity index is 2.14. The summed E-state index contributed by atoms with van der Waals surface area (Å²) < 4.78 is 0. The van der Waals surface area contributed by atoms with Crippen molar-refractivity contribution in [2.45, 2.75) is 65.5 Å². The highest BCUT2D eigenvalue weighted by Gasteiger charge is 2.19. The number of hydrogen-bond acceptors (Lipinski definition) is 6. The van der Waals surface area contributed by atoms with Crippen molar-refractivity contribution in [3.05, 3.63) is 59.8 Å². The van der Waals surface area contributed by atoms with Crippen molar-refractivity contribution < 1.29 is 9.63 Å². The van der Waals surface area contributed by atoms with Crippen molar-refractivity contribution in [1.29, 1.82) is 0 Å². The molecule has 1 heterocycles. The summed E-state index contributed by atoms with van der Waals surface area (Å²) in [7, 11) is 1.90. The van der Waals surface area contributed by atoms with Crippen LogP contribution in [0, 0.1) is 0 Å². The molecule has 35 heavy (non-hydrogen) atoms. The Hall–Kier alpha value is -2.41. The van der Waals surface area contributed by atoms with Crippen molar-refractivity contribution in [2.24, 2.45) is 0 Å². The molecule has 0 amide bonds. The first-order chi connectivity index (χ1) is 17.1. The molecule has 2 N–H and O–H groups in total. The van der Waals surface area contributed by atoms with Gasteiger partial charge in [0.2, 0.25) is 0 Å². The Morgan fingerprint density at radius 2 is 1.97 bits per heavy atom. The molecule has 1 aliphatic rings. The average molecular weight is 483 g/mol. The fourth-order valence-corrected chi connectivity index (χ4v) is 4.41. The van der Waals surface area contributed by atoms with E-state index in [0.29, 0.717) is 18.7 Å². The van der Waals surface area contributed by atoms with Gasteiger partial charge in [0.1, 0.15) is 6.29 Å². The van der Waals surface area contributed by atoms with E-state index in [1.165, 1.54) is 5.57 Å². The molecule has 1 atom stereocenters. The zero-order valence-electron chi connectivity index (χ0n) is 22.3. The monoisotopic (exact) mass is 482 g/mol. The minimum absolute atomic E-state index is 0.117. The molecule has 194 valence electrons. The maximum absolute atomic E-state index is 12.2. The first-order valence-electron chi connectivity index (χ1n) is 13.2. The highest BCUT2D eigenvalue weighted by molar-refractivity contribution is 6.09. The summed E-state index contributed by atoms with van der Waals surface area (Å²) in [6.45, 7) is 15.7. The number of nitrogens with one attached hydrogen (secondary N) is 2. The van der Waals surface area contributed by atoms with Crippen molar-refractivity contribution in [1.82, 2.24) is 15.3 Å². The highest BCUT2D eigenvalue weighted by Crippen LogP contribution is 2.27. The lowest BCUT2D eigenvalue weighted by Gasteiger charge is -2.22. The Kier molecular flexibility index (Phi) is 13.4. The Morgan fingerprint density at radius 3 is 2.63 bits per heavy atom. The van der Waals surface area contributed by atoms with E-state index >= 15 is 0 Å². The normalized spacial score (nSPS) is 15.9. The van der Waals surface area contributed by atoms with E-state index in [4.69, 9.17) is 4.84 Å². The molecule has 0 aliphatic carbocycles. The van der Waals surface area contributed by atoms with Crippen LogP contribution in [0.3, 0.4) is 0 Å². The summed E-state index contributed by atoms with van der Waals surface area (Å²) in [5, 5.41) is 8.75. The standard InChI is InChI=1S/C29H46N4O2/c1-6-10-15-32(13-7-2)21-25-17-27(31-20-25)19-26(23-34)28-18-24(11-12-29(28)30-5)22-33(14-8-3)35-16-9-4/h6,11-12,18-20,23,27,30-31H,1,7-10,13-17,21-22H2,2-5H3/b26-19+. The molecule has 0 fully saturated rings. The zero-order valence-corrected chi connectivity index (χ0v) is 22.3. The Bertz CT molecular complexity index is 849. The quantitative estimate of drug-likeness (QED) is 0.126. The van der Waals surface area contributed by atoms with E-state index < -0.39 is 0 Å². The lowest BCUT2D eigenvalue weighted by Crippen LogP contribution is -2.27. The predicted molar refractivity (Wildman–Crippen MR) is 148 cm³/mol. The molecule has 0 saturated heterocycles. The molecule has 1 aromatic rings. The molecular weight excluding hydrogens is 436 g/mol. The van der Waals surface area contributed by atoms with E-state index in [0.717, 1.165) is 81.4 Å². The summed E-state index contributed by atoms with van der Waals surface area (Å²) >= 11 is 0. The van der Waals surface area contributed by atoms with Crippen molar-refractivity contribution in [2.75, 3.05) is 45.2 Å². The first kappa shape index (κ1) is 28.8. The summed E-state index contributed by atoms with van der Waals surface area (Å²) in [6.07, 6.45) is 12.2. The van der Waals surface area contributed by atoms with Crippen molar-refractivity contribution in [3.8, 4) is 0 Å². The molecule has 1 aliphatic heterocycles. The number of carbonyl (C=O) groups excluding carboxylic acids is 1. The largest absolute Gasteiger partial charge is 0.388 e. The van der Waals surface area contributed by atoms with Crippen LogP contribution in [0.5, 0.6) is 0 Å².